The molecule has 0 spiro atoms. The second kappa shape index (κ2) is 6.46. The molecule has 1 unspecified atom stereocenters. The third-order valence-corrected chi connectivity index (χ3v) is 2.58. The van der Waals surface area contributed by atoms with Crippen molar-refractivity contribution in [3.63, 3.8) is 0 Å². The zero-order chi connectivity index (χ0) is 16.2. The third-order valence-electron chi connectivity index (χ3n) is 2.58. The lowest BCUT2D eigenvalue weighted by Gasteiger charge is -2.12. The van der Waals surface area contributed by atoms with E-state index in [2.05, 4.69) is 0 Å². The number of carboxylic acids is 2. The van der Waals surface area contributed by atoms with E-state index in [1.54, 1.807) is 6.92 Å². The SMILES string of the molecule is Cc1ccc([N+](=O)[O-])c(C(=O)NC(CC(=O)O)C(=O)O)c1. The number of hydrogen-bond donors (Lipinski definition) is 3. The maximum atomic E-state index is 11.9. The van der Waals surface area contributed by atoms with E-state index in [0.717, 1.165) is 6.07 Å². The molecule has 9 heteroatoms. The Balaban J connectivity index is 3.07. The molecule has 3 N–H and O–H groups in total. The highest BCUT2D eigenvalue weighted by Gasteiger charge is 2.27. The highest BCUT2D eigenvalue weighted by atomic mass is 16.6. The molecular weight excluding hydrogens is 284 g/mol. The van der Waals surface area contributed by atoms with Gasteiger partial charge in [-0.3, -0.25) is 19.7 Å². The molecule has 0 heterocycles. The standard InChI is InChI=1S/C12H12N2O7/c1-6-2-3-9(14(20)21)7(4-6)11(17)13-8(12(18)19)5-10(15)16/h2-4,8H,5H2,1H3,(H,13,17)(H,15,16)(H,18,19). The summed E-state index contributed by atoms with van der Waals surface area (Å²) in [4.78, 5) is 43.4. The fourth-order valence-electron chi connectivity index (χ4n) is 1.60. The number of nitro benzene ring substituents is 1. The molecule has 0 radical (unpaired) electrons. The maximum Gasteiger partial charge on any atom is 0.326 e. The van der Waals surface area contributed by atoms with Crippen molar-refractivity contribution in [2.75, 3.05) is 0 Å². The molecule has 1 aromatic carbocycles. The Kier molecular flexibility index (Phi) is 4.95. The van der Waals surface area contributed by atoms with Crippen molar-refractivity contribution in [2.24, 2.45) is 0 Å². The molecule has 0 bridgehead atoms. The molecule has 0 aliphatic carbocycles. The molecule has 1 atom stereocenters. The number of nitrogens with one attached hydrogen (secondary N) is 1. The Morgan fingerprint density at radius 3 is 2.43 bits per heavy atom. The highest BCUT2D eigenvalue weighted by molar-refractivity contribution is 6.00. The van der Waals surface area contributed by atoms with Gasteiger partial charge in [0.1, 0.15) is 11.6 Å². The Morgan fingerprint density at radius 1 is 1.33 bits per heavy atom. The van der Waals surface area contributed by atoms with Gasteiger partial charge in [-0.05, 0) is 18.6 Å². The summed E-state index contributed by atoms with van der Waals surface area (Å²) in [5.74, 6) is -3.97. The van der Waals surface area contributed by atoms with Crippen LogP contribution in [-0.2, 0) is 9.59 Å². The lowest BCUT2D eigenvalue weighted by atomic mass is 10.1. The first-order chi connectivity index (χ1) is 9.72. The van der Waals surface area contributed by atoms with Crippen molar-refractivity contribution >= 4 is 23.5 Å². The number of hydrogen-bond acceptors (Lipinski definition) is 5. The van der Waals surface area contributed by atoms with Crippen LogP contribution in [0.15, 0.2) is 18.2 Å². The quantitative estimate of drug-likeness (QED) is 0.513. The summed E-state index contributed by atoms with van der Waals surface area (Å²) in [6.45, 7) is 1.60. The van der Waals surface area contributed by atoms with Gasteiger partial charge >= 0.3 is 11.9 Å². The van der Waals surface area contributed by atoms with Crippen LogP contribution >= 0.6 is 0 Å². The normalized spacial score (nSPS) is 11.5. The van der Waals surface area contributed by atoms with Crippen LogP contribution in [0.3, 0.4) is 0 Å². The number of rotatable bonds is 6. The predicted octanol–water partition coefficient (Wildman–Crippen LogP) is 0.561. The second-order valence-electron chi connectivity index (χ2n) is 4.24. The number of nitrogens with zero attached hydrogens (tertiary/aromatic N) is 1. The number of carboxylic acid groups (broad SMARTS) is 2. The number of aliphatic carboxylic acids is 2. The van der Waals surface area contributed by atoms with Gasteiger partial charge in [0.15, 0.2) is 0 Å². The Bertz CT molecular complexity index is 612. The summed E-state index contributed by atoms with van der Waals surface area (Å²) in [6, 6.07) is 2.11. The molecule has 0 aliphatic heterocycles. The molecule has 0 saturated carbocycles. The van der Waals surface area contributed by atoms with Gasteiger partial charge in [0.2, 0.25) is 0 Å². The van der Waals surface area contributed by atoms with Crippen molar-refractivity contribution in [3.05, 3.63) is 39.4 Å². The van der Waals surface area contributed by atoms with Gasteiger partial charge in [-0.1, -0.05) is 6.07 Å². The number of aryl methyl sites for hydroxylation is 1. The van der Waals surface area contributed by atoms with Gasteiger partial charge in [-0.2, -0.15) is 0 Å². The van der Waals surface area contributed by atoms with Crippen LogP contribution in [-0.4, -0.2) is 39.0 Å². The average molecular weight is 296 g/mol. The van der Waals surface area contributed by atoms with E-state index in [4.69, 9.17) is 10.2 Å². The molecule has 0 aliphatic rings. The van der Waals surface area contributed by atoms with Gasteiger partial charge in [-0.15, -0.1) is 0 Å². The predicted molar refractivity (Wildman–Crippen MR) is 69.0 cm³/mol. The molecule has 0 saturated heterocycles. The Morgan fingerprint density at radius 2 is 1.95 bits per heavy atom. The summed E-state index contributed by atoms with van der Waals surface area (Å²) < 4.78 is 0. The van der Waals surface area contributed by atoms with Crippen LogP contribution in [0.4, 0.5) is 5.69 Å². The Labute approximate surface area is 118 Å². The summed E-state index contributed by atoms with van der Waals surface area (Å²) in [5, 5.41) is 30.2. The van der Waals surface area contributed by atoms with Crippen LogP contribution in [0, 0.1) is 17.0 Å². The van der Waals surface area contributed by atoms with Gasteiger partial charge in [0.05, 0.1) is 11.3 Å². The van der Waals surface area contributed by atoms with E-state index in [9.17, 15) is 24.5 Å². The molecular formula is C12H12N2O7. The number of carbonyl (C=O) groups excluding carboxylic acids is 1. The fraction of sp³-hybridized carbons (Fsp3) is 0.250. The average Bonchev–Trinajstić information content (AvgIpc) is 2.36. The summed E-state index contributed by atoms with van der Waals surface area (Å²) >= 11 is 0. The van der Waals surface area contributed by atoms with Gasteiger partial charge in [-0.25, -0.2) is 4.79 Å². The lowest BCUT2D eigenvalue weighted by molar-refractivity contribution is -0.385. The van der Waals surface area contributed by atoms with Gasteiger partial charge in [0.25, 0.3) is 11.6 Å². The molecule has 21 heavy (non-hydrogen) atoms. The smallest absolute Gasteiger partial charge is 0.326 e. The van der Waals surface area contributed by atoms with Crippen molar-refractivity contribution in [1.29, 1.82) is 0 Å². The van der Waals surface area contributed by atoms with E-state index in [0.29, 0.717) is 5.56 Å². The lowest BCUT2D eigenvalue weighted by Crippen LogP contribution is -2.42. The van der Waals surface area contributed by atoms with E-state index in [-0.39, 0.29) is 5.56 Å². The van der Waals surface area contributed by atoms with Crippen LogP contribution in [0.5, 0.6) is 0 Å². The third kappa shape index (κ3) is 4.27. The van der Waals surface area contributed by atoms with Crippen LogP contribution in [0.1, 0.15) is 22.3 Å². The van der Waals surface area contributed by atoms with E-state index < -0.39 is 40.9 Å². The molecule has 0 fully saturated rings. The minimum Gasteiger partial charge on any atom is -0.481 e. The van der Waals surface area contributed by atoms with E-state index >= 15 is 0 Å². The van der Waals surface area contributed by atoms with Gasteiger partial charge in [0, 0.05) is 6.07 Å². The first-order valence-corrected chi connectivity index (χ1v) is 5.73. The van der Waals surface area contributed by atoms with Crippen LogP contribution in [0.25, 0.3) is 0 Å². The molecule has 1 aromatic rings. The summed E-state index contributed by atoms with van der Waals surface area (Å²) in [6.07, 6.45) is -0.833. The van der Waals surface area contributed by atoms with Crippen molar-refractivity contribution in [3.8, 4) is 0 Å². The summed E-state index contributed by atoms with van der Waals surface area (Å²) in [7, 11) is 0. The minimum atomic E-state index is -1.67. The van der Waals surface area contributed by atoms with E-state index in [1.165, 1.54) is 12.1 Å². The Hall–Kier alpha value is -2.97. The molecule has 112 valence electrons. The molecule has 9 nitrogen and oxygen atoms in total. The second-order valence-corrected chi connectivity index (χ2v) is 4.24. The monoisotopic (exact) mass is 296 g/mol. The topological polar surface area (TPSA) is 147 Å². The first-order valence-electron chi connectivity index (χ1n) is 5.73. The van der Waals surface area contributed by atoms with Gasteiger partial charge < -0.3 is 15.5 Å². The number of nitro groups is 1. The van der Waals surface area contributed by atoms with Crippen molar-refractivity contribution < 1.29 is 29.5 Å². The summed E-state index contributed by atoms with van der Waals surface area (Å²) in [5.41, 5.74) is -0.245. The van der Waals surface area contributed by atoms with Crippen molar-refractivity contribution in [1.82, 2.24) is 5.32 Å². The minimum absolute atomic E-state index is 0.323. The first kappa shape index (κ1) is 16.1. The zero-order valence-electron chi connectivity index (χ0n) is 10.9. The number of carbonyl (C=O) groups is 3. The fourth-order valence-corrected chi connectivity index (χ4v) is 1.60. The number of benzene rings is 1. The maximum absolute atomic E-state index is 11.9. The molecule has 1 rings (SSSR count). The molecule has 1 amide bonds. The van der Waals surface area contributed by atoms with Crippen LogP contribution in [0.2, 0.25) is 0 Å². The van der Waals surface area contributed by atoms with Crippen molar-refractivity contribution in [2.45, 2.75) is 19.4 Å². The largest absolute Gasteiger partial charge is 0.481 e. The van der Waals surface area contributed by atoms with Crippen LogP contribution < -0.4 is 5.32 Å². The zero-order valence-corrected chi connectivity index (χ0v) is 10.9. The molecule has 0 aromatic heterocycles. The number of amides is 1. The highest BCUT2D eigenvalue weighted by Crippen LogP contribution is 2.20. The van der Waals surface area contributed by atoms with E-state index in [1.807, 2.05) is 5.32 Å².